The lowest BCUT2D eigenvalue weighted by molar-refractivity contribution is -0.137. The van der Waals surface area contributed by atoms with Crippen LogP contribution in [0.25, 0.3) is 0 Å². The van der Waals surface area contributed by atoms with Gasteiger partial charge in [-0.15, -0.1) is 0 Å². The van der Waals surface area contributed by atoms with E-state index in [9.17, 15) is 13.8 Å². The molecule has 0 fully saturated rings. The third-order valence-corrected chi connectivity index (χ3v) is 3.95. The van der Waals surface area contributed by atoms with Crippen LogP contribution in [0.15, 0.2) is 0 Å². The number of aliphatic carboxylic acids is 1. The van der Waals surface area contributed by atoms with E-state index in [2.05, 4.69) is 5.32 Å². The molecule has 0 radical (unpaired) electrons. The van der Waals surface area contributed by atoms with E-state index in [-0.39, 0.29) is 17.9 Å². The van der Waals surface area contributed by atoms with Gasteiger partial charge >= 0.3 is 5.97 Å². The van der Waals surface area contributed by atoms with Crippen LogP contribution in [-0.4, -0.2) is 37.2 Å². The molecular weight excluding hydrogens is 242 g/mol. The highest BCUT2D eigenvalue weighted by molar-refractivity contribution is 7.87. The Bertz CT molecular complexity index is 322. The number of hydrogen-bond acceptors (Lipinski definition) is 3. The Labute approximate surface area is 104 Å². The summed E-state index contributed by atoms with van der Waals surface area (Å²) in [4.78, 5) is 22.2. The second-order valence-electron chi connectivity index (χ2n) is 5.12. The molecule has 3 atom stereocenters. The lowest BCUT2D eigenvalue weighted by atomic mass is 10.1. The minimum Gasteiger partial charge on any atom is -0.481 e. The molecule has 3 unspecified atom stereocenters. The summed E-state index contributed by atoms with van der Waals surface area (Å²) in [5, 5.41) is 10.1. The van der Waals surface area contributed by atoms with Crippen LogP contribution >= 0.6 is 0 Å². The van der Waals surface area contributed by atoms with Gasteiger partial charge in [-0.1, -0.05) is 6.92 Å². The standard InChI is InChI=1S/C11H21NO4S/c1-7(6-9(13)14)17(16)8(2)10(15)12-11(3,4)5/h7-8H,6H2,1-5H3,(H,12,15)(H,13,14). The van der Waals surface area contributed by atoms with Crippen LogP contribution in [0, 0.1) is 0 Å². The highest BCUT2D eigenvalue weighted by Crippen LogP contribution is 2.10. The summed E-state index contributed by atoms with van der Waals surface area (Å²) < 4.78 is 11.9. The number of amides is 1. The second-order valence-corrected chi connectivity index (χ2v) is 7.29. The molecule has 1 amide bonds. The first-order valence-corrected chi connectivity index (χ1v) is 6.75. The summed E-state index contributed by atoms with van der Waals surface area (Å²) in [6, 6.07) is 0. The SMILES string of the molecule is CC(CC(=O)O)S(=O)C(C)C(=O)NC(C)(C)C. The van der Waals surface area contributed by atoms with Gasteiger partial charge in [-0.2, -0.15) is 0 Å². The number of carbonyl (C=O) groups excluding carboxylic acids is 1. The van der Waals surface area contributed by atoms with Crippen molar-refractivity contribution in [2.75, 3.05) is 0 Å². The molecule has 0 aliphatic heterocycles. The lowest BCUT2D eigenvalue weighted by Crippen LogP contribution is -2.47. The quantitative estimate of drug-likeness (QED) is 0.772. The third-order valence-electron chi connectivity index (χ3n) is 2.07. The van der Waals surface area contributed by atoms with E-state index < -0.39 is 27.3 Å². The van der Waals surface area contributed by atoms with Crippen LogP contribution in [0.5, 0.6) is 0 Å². The molecule has 5 nitrogen and oxygen atoms in total. The molecule has 2 N–H and O–H groups in total. The highest BCUT2D eigenvalue weighted by atomic mass is 32.2. The number of nitrogens with one attached hydrogen (secondary N) is 1. The van der Waals surface area contributed by atoms with Crippen LogP contribution < -0.4 is 5.32 Å². The van der Waals surface area contributed by atoms with E-state index in [1.54, 1.807) is 13.8 Å². The largest absolute Gasteiger partial charge is 0.481 e. The summed E-state index contributed by atoms with van der Waals surface area (Å²) >= 11 is 0. The number of hydrogen-bond donors (Lipinski definition) is 2. The van der Waals surface area contributed by atoms with Gasteiger partial charge in [0.25, 0.3) is 0 Å². The zero-order valence-electron chi connectivity index (χ0n) is 10.9. The predicted molar refractivity (Wildman–Crippen MR) is 67.2 cm³/mol. The van der Waals surface area contributed by atoms with Crippen molar-refractivity contribution in [2.45, 2.75) is 57.1 Å². The van der Waals surface area contributed by atoms with Crippen molar-refractivity contribution in [3.8, 4) is 0 Å². The van der Waals surface area contributed by atoms with E-state index in [0.717, 1.165) is 0 Å². The molecule has 0 saturated carbocycles. The molecule has 17 heavy (non-hydrogen) atoms. The van der Waals surface area contributed by atoms with Gasteiger partial charge in [0.1, 0.15) is 5.25 Å². The van der Waals surface area contributed by atoms with E-state index >= 15 is 0 Å². The molecule has 0 aromatic heterocycles. The van der Waals surface area contributed by atoms with E-state index in [1.807, 2.05) is 20.8 Å². The normalized spacial score (nSPS) is 17.0. The average molecular weight is 263 g/mol. The second kappa shape index (κ2) is 6.14. The van der Waals surface area contributed by atoms with Gasteiger partial charge in [0.15, 0.2) is 0 Å². The maximum atomic E-state index is 11.9. The number of carboxylic acids is 1. The first kappa shape index (κ1) is 16.1. The number of rotatable bonds is 5. The molecule has 0 aliphatic carbocycles. The first-order chi connectivity index (χ1) is 7.54. The molecule has 6 heteroatoms. The Morgan fingerprint density at radius 2 is 1.76 bits per heavy atom. The Hall–Kier alpha value is -0.910. The molecule has 0 saturated heterocycles. The summed E-state index contributed by atoms with van der Waals surface area (Å²) in [5.74, 6) is -1.32. The van der Waals surface area contributed by atoms with Gasteiger partial charge in [-0.3, -0.25) is 13.8 Å². The van der Waals surface area contributed by atoms with Crippen LogP contribution in [-0.2, 0) is 20.4 Å². The van der Waals surface area contributed by atoms with Gasteiger partial charge in [0, 0.05) is 21.6 Å². The lowest BCUT2D eigenvalue weighted by Gasteiger charge is -2.24. The minimum atomic E-state index is -1.49. The number of carboxylic acid groups (broad SMARTS) is 1. The van der Waals surface area contributed by atoms with Crippen molar-refractivity contribution in [3.63, 3.8) is 0 Å². The van der Waals surface area contributed by atoms with Gasteiger partial charge in [-0.25, -0.2) is 0 Å². The molecule has 0 aliphatic rings. The molecule has 0 aromatic carbocycles. The summed E-state index contributed by atoms with van der Waals surface area (Å²) in [6.45, 7) is 8.63. The van der Waals surface area contributed by atoms with Crippen LogP contribution in [0.2, 0.25) is 0 Å². The van der Waals surface area contributed by atoms with E-state index in [1.165, 1.54) is 0 Å². The molecule has 0 heterocycles. The number of carbonyl (C=O) groups is 2. The maximum absolute atomic E-state index is 11.9. The fourth-order valence-corrected chi connectivity index (χ4v) is 2.53. The van der Waals surface area contributed by atoms with Crippen molar-refractivity contribution in [3.05, 3.63) is 0 Å². The van der Waals surface area contributed by atoms with Crippen molar-refractivity contribution >= 4 is 22.7 Å². The van der Waals surface area contributed by atoms with E-state index in [4.69, 9.17) is 5.11 Å². The molecule has 100 valence electrons. The van der Waals surface area contributed by atoms with Gasteiger partial charge in [0.05, 0.1) is 6.42 Å². The molecule has 0 rings (SSSR count). The molecular formula is C11H21NO4S. The third kappa shape index (κ3) is 6.41. The monoisotopic (exact) mass is 263 g/mol. The Morgan fingerprint density at radius 3 is 2.12 bits per heavy atom. The van der Waals surface area contributed by atoms with Crippen molar-refractivity contribution in [1.29, 1.82) is 0 Å². The fraction of sp³-hybridized carbons (Fsp3) is 0.818. The van der Waals surface area contributed by atoms with Crippen LogP contribution in [0.1, 0.15) is 41.0 Å². The maximum Gasteiger partial charge on any atom is 0.304 e. The molecule has 0 aromatic rings. The van der Waals surface area contributed by atoms with Gasteiger partial charge in [-0.05, 0) is 27.7 Å². The Morgan fingerprint density at radius 1 is 1.29 bits per heavy atom. The Balaban J connectivity index is 4.49. The molecule has 0 spiro atoms. The summed E-state index contributed by atoms with van der Waals surface area (Å²) in [7, 11) is -1.49. The van der Waals surface area contributed by atoms with Crippen LogP contribution in [0.3, 0.4) is 0 Å². The minimum absolute atomic E-state index is 0.195. The van der Waals surface area contributed by atoms with Crippen molar-refractivity contribution < 1.29 is 18.9 Å². The molecule has 0 bridgehead atoms. The predicted octanol–water partition coefficient (Wildman–Crippen LogP) is 0.901. The summed E-state index contributed by atoms with van der Waals surface area (Å²) in [6.07, 6.45) is -0.195. The average Bonchev–Trinajstić information content (AvgIpc) is 2.11. The summed E-state index contributed by atoms with van der Waals surface area (Å²) in [5.41, 5.74) is -0.383. The van der Waals surface area contributed by atoms with E-state index in [0.29, 0.717) is 0 Å². The van der Waals surface area contributed by atoms with Crippen LogP contribution in [0.4, 0.5) is 0 Å². The smallest absolute Gasteiger partial charge is 0.304 e. The van der Waals surface area contributed by atoms with Crippen molar-refractivity contribution in [2.24, 2.45) is 0 Å². The van der Waals surface area contributed by atoms with Crippen molar-refractivity contribution in [1.82, 2.24) is 5.32 Å². The van der Waals surface area contributed by atoms with Gasteiger partial charge in [0.2, 0.25) is 5.91 Å². The Kier molecular flexibility index (Phi) is 5.81. The highest BCUT2D eigenvalue weighted by Gasteiger charge is 2.28. The topological polar surface area (TPSA) is 83.5 Å². The van der Waals surface area contributed by atoms with Gasteiger partial charge < -0.3 is 10.4 Å². The zero-order chi connectivity index (χ0) is 13.8. The zero-order valence-corrected chi connectivity index (χ0v) is 11.8. The fourth-order valence-electron chi connectivity index (χ4n) is 1.25. The first-order valence-electron chi connectivity index (χ1n) is 5.48.